The Morgan fingerprint density at radius 3 is 2.33 bits per heavy atom. The topological polar surface area (TPSA) is 14.2 Å². The normalized spacial score (nSPS) is 15.3. The summed E-state index contributed by atoms with van der Waals surface area (Å²) in [6.45, 7) is 0. The van der Waals surface area contributed by atoms with E-state index in [1.807, 2.05) is 72.8 Å². The molecule has 1 aliphatic heterocycles. The van der Waals surface area contributed by atoms with E-state index in [0.29, 0.717) is 5.56 Å². The monoisotopic (exact) mass is 518 g/mol. The van der Waals surface area contributed by atoms with Gasteiger partial charge in [-0.05, 0) is 63.8 Å². The molecule has 0 saturated carbocycles. The van der Waals surface area contributed by atoms with E-state index < -0.39 is 36.3 Å². The van der Waals surface area contributed by atoms with Crippen molar-refractivity contribution in [2.45, 2.75) is 0 Å². The van der Waals surface area contributed by atoms with Crippen LogP contribution >= 0.6 is 0 Å². The molecule has 0 fully saturated rings. The maximum absolute atomic E-state index is 9.65. The van der Waals surface area contributed by atoms with Gasteiger partial charge in [-0.3, -0.25) is 0 Å². The van der Waals surface area contributed by atoms with Crippen LogP contribution in [0.1, 0.15) is 12.3 Å². The van der Waals surface area contributed by atoms with E-state index in [4.69, 9.17) is 14.3 Å². The third kappa shape index (κ3) is 2.93. The van der Waals surface area contributed by atoms with E-state index in [2.05, 4.69) is 16.7 Å². The summed E-state index contributed by atoms with van der Waals surface area (Å²) in [5, 5.41) is 3.61. The number of fused-ring (bicyclic) bond motifs is 7. The fraction of sp³-hybridized carbons (Fsp3) is 0. The van der Waals surface area contributed by atoms with Crippen LogP contribution in [0.25, 0.3) is 71.3 Å². The molecule has 0 bridgehead atoms. The largest absolute Gasteiger partial charge is 0.456 e. The molecule has 0 radical (unpaired) electrons. The number of nitrogens with zero attached hydrogens (tertiary/aromatic N) is 1. The quantitative estimate of drug-likeness (QED) is 0.222. The number of aromatic nitrogens is 1. The standard InChI is InChI=1S/C38H23NO/c1-2-12-27(13-3-1)39-33-17-8-15-28(37(33)31-21-19-24-9-4-5-14-29(24)38(31)39)26-20-22-34-32(23-26)30-16-6-10-25-11-7-18-35(40-34)36(25)30/h1-23H/i6D,7D,10D,11D,16D,18D,20D,22D,23D. The van der Waals surface area contributed by atoms with Crippen LogP contribution < -0.4 is 4.74 Å². The summed E-state index contributed by atoms with van der Waals surface area (Å²) in [5.74, 6) is -0.450. The first kappa shape index (κ1) is 14.7. The van der Waals surface area contributed by atoms with Gasteiger partial charge in [0, 0.05) is 32.8 Å². The van der Waals surface area contributed by atoms with Crippen LogP contribution in [0.2, 0.25) is 0 Å². The molecule has 0 amide bonds. The first-order chi connectivity index (χ1) is 23.6. The smallest absolute Gasteiger partial charge is 0.135 e. The fourth-order valence-electron chi connectivity index (χ4n) is 5.97. The predicted molar refractivity (Wildman–Crippen MR) is 167 cm³/mol. The predicted octanol–water partition coefficient (Wildman–Crippen LogP) is 10.5. The fourth-order valence-corrected chi connectivity index (χ4v) is 5.97. The van der Waals surface area contributed by atoms with Gasteiger partial charge in [0.1, 0.15) is 11.5 Å². The van der Waals surface area contributed by atoms with Gasteiger partial charge in [-0.1, -0.05) is 103 Å². The highest BCUT2D eigenvalue weighted by Crippen LogP contribution is 2.48. The summed E-state index contributed by atoms with van der Waals surface area (Å²) in [4.78, 5) is 0. The summed E-state index contributed by atoms with van der Waals surface area (Å²) in [5.41, 5.74) is 3.33. The molecule has 2 nitrogen and oxygen atoms in total. The molecule has 0 atom stereocenters. The molecule has 8 aromatic rings. The minimum absolute atomic E-state index is 0.0149. The van der Waals surface area contributed by atoms with Crippen LogP contribution in [0.4, 0.5) is 0 Å². The van der Waals surface area contributed by atoms with Crippen molar-refractivity contribution in [1.29, 1.82) is 0 Å². The number of hydrogen-bond donors (Lipinski definition) is 0. The molecule has 0 unspecified atom stereocenters. The Morgan fingerprint density at radius 1 is 0.550 bits per heavy atom. The zero-order valence-electron chi connectivity index (χ0n) is 29.9. The molecular weight excluding hydrogens is 486 g/mol. The van der Waals surface area contributed by atoms with E-state index >= 15 is 0 Å². The van der Waals surface area contributed by atoms with Crippen LogP contribution in [-0.4, -0.2) is 4.57 Å². The van der Waals surface area contributed by atoms with Crippen molar-refractivity contribution in [3.05, 3.63) is 139 Å². The van der Waals surface area contributed by atoms with Crippen LogP contribution in [-0.2, 0) is 0 Å². The summed E-state index contributed by atoms with van der Waals surface area (Å²) < 4.78 is 87.9. The Morgan fingerprint density at radius 2 is 1.40 bits per heavy atom. The minimum Gasteiger partial charge on any atom is -0.456 e. The van der Waals surface area contributed by atoms with E-state index in [1.165, 1.54) is 0 Å². The Hall–Kier alpha value is -5.34. The zero-order valence-corrected chi connectivity index (χ0v) is 20.9. The highest BCUT2D eigenvalue weighted by atomic mass is 16.5. The Bertz CT molecular complexity index is 2780. The number of ether oxygens (including phenoxy) is 1. The molecule has 1 aliphatic rings. The lowest BCUT2D eigenvalue weighted by Gasteiger charge is -2.22. The van der Waals surface area contributed by atoms with Crippen molar-refractivity contribution in [2.24, 2.45) is 0 Å². The van der Waals surface area contributed by atoms with Gasteiger partial charge in [0.2, 0.25) is 0 Å². The lowest BCUT2D eigenvalue weighted by atomic mass is 9.91. The molecule has 1 aromatic heterocycles. The third-order valence-electron chi connectivity index (χ3n) is 7.66. The van der Waals surface area contributed by atoms with E-state index in [9.17, 15) is 2.74 Å². The van der Waals surface area contributed by atoms with Crippen molar-refractivity contribution in [3.63, 3.8) is 0 Å². The van der Waals surface area contributed by atoms with Gasteiger partial charge >= 0.3 is 0 Å². The lowest BCUT2D eigenvalue weighted by molar-refractivity contribution is 0.487. The van der Waals surface area contributed by atoms with Gasteiger partial charge in [0.15, 0.2) is 0 Å². The van der Waals surface area contributed by atoms with Crippen molar-refractivity contribution >= 4 is 43.4 Å². The molecule has 40 heavy (non-hydrogen) atoms. The van der Waals surface area contributed by atoms with Gasteiger partial charge in [0.05, 0.1) is 23.4 Å². The molecule has 0 N–H and O–H groups in total. The van der Waals surface area contributed by atoms with Gasteiger partial charge < -0.3 is 9.30 Å². The molecule has 7 aromatic carbocycles. The molecule has 186 valence electrons. The molecule has 0 saturated heterocycles. The third-order valence-corrected chi connectivity index (χ3v) is 7.66. The summed E-state index contributed by atoms with van der Waals surface area (Å²) in [6.07, 6.45) is 0. The Kier molecular flexibility index (Phi) is 2.97. The molecular formula is C38H23NO. The minimum atomic E-state index is -0.517. The van der Waals surface area contributed by atoms with E-state index in [-0.39, 0.29) is 57.1 Å². The molecule has 2 heterocycles. The number of rotatable bonds is 2. The SMILES string of the molecule is [2H]c1c([2H])c(-c2cccc3c2c2ccc4ccccc4c2n3-c2ccccc2)c([2H])c2c1Oc1c([2H])c([2H])c([2H])c3c([2H])c([2H])c([2H])c-2c13. The summed E-state index contributed by atoms with van der Waals surface area (Å²) in [7, 11) is 0. The van der Waals surface area contributed by atoms with Crippen molar-refractivity contribution < 1.29 is 17.1 Å². The van der Waals surface area contributed by atoms with Crippen LogP contribution in [0.3, 0.4) is 0 Å². The molecule has 2 heteroatoms. The van der Waals surface area contributed by atoms with Gasteiger partial charge in [0.25, 0.3) is 0 Å². The summed E-state index contributed by atoms with van der Waals surface area (Å²) >= 11 is 0. The summed E-state index contributed by atoms with van der Waals surface area (Å²) in [6, 6.07) is 24.1. The molecule has 9 rings (SSSR count). The first-order valence-corrected chi connectivity index (χ1v) is 13.0. The van der Waals surface area contributed by atoms with Crippen molar-refractivity contribution in [2.75, 3.05) is 0 Å². The van der Waals surface area contributed by atoms with Gasteiger partial charge in [-0.2, -0.15) is 0 Å². The number of benzene rings is 7. The Labute approximate surface area is 244 Å². The lowest BCUT2D eigenvalue weighted by Crippen LogP contribution is -1.97. The highest BCUT2D eigenvalue weighted by Gasteiger charge is 2.22. The molecule has 0 spiro atoms. The second-order valence-electron chi connectivity index (χ2n) is 9.81. The van der Waals surface area contributed by atoms with Gasteiger partial charge in [-0.25, -0.2) is 0 Å². The van der Waals surface area contributed by atoms with E-state index in [0.717, 1.165) is 38.3 Å². The van der Waals surface area contributed by atoms with Crippen LogP contribution in [0.15, 0.2) is 139 Å². The van der Waals surface area contributed by atoms with E-state index in [1.54, 1.807) is 0 Å². The maximum atomic E-state index is 9.65. The van der Waals surface area contributed by atoms with Gasteiger partial charge in [-0.15, -0.1) is 0 Å². The maximum Gasteiger partial charge on any atom is 0.135 e. The zero-order chi connectivity index (χ0) is 34.0. The number of para-hydroxylation sites is 1. The van der Waals surface area contributed by atoms with Crippen LogP contribution in [0.5, 0.6) is 11.5 Å². The highest BCUT2D eigenvalue weighted by molar-refractivity contribution is 6.22. The van der Waals surface area contributed by atoms with Crippen molar-refractivity contribution in [1.82, 2.24) is 4.57 Å². The first-order valence-electron chi connectivity index (χ1n) is 17.5. The molecule has 0 aliphatic carbocycles. The average Bonchev–Trinajstić information content (AvgIpc) is 3.47. The second-order valence-corrected chi connectivity index (χ2v) is 9.81. The van der Waals surface area contributed by atoms with Crippen LogP contribution in [0, 0.1) is 0 Å². The average molecular weight is 519 g/mol. The Balaban J connectivity index is 1.46. The number of hydrogen-bond acceptors (Lipinski definition) is 1. The second kappa shape index (κ2) is 8.08. The van der Waals surface area contributed by atoms with Crippen molar-refractivity contribution in [3.8, 4) is 39.4 Å².